The molecule has 0 aliphatic carbocycles. The van der Waals surface area contributed by atoms with E-state index in [1.807, 2.05) is 0 Å². The molecule has 1 rings (SSSR count). The summed E-state index contributed by atoms with van der Waals surface area (Å²) in [5.41, 5.74) is 6.07. The lowest BCUT2D eigenvalue weighted by molar-refractivity contribution is -0.132. The molecule has 1 aromatic carbocycles. The molecule has 0 heterocycles. The third-order valence-corrected chi connectivity index (χ3v) is 2.04. The van der Waals surface area contributed by atoms with Gasteiger partial charge in [0.1, 0.15) is 5.75 Å². The van der Waals surface area contributed by atoms with Gasteiger partial charge >= 0.3 is 6.18 Å². The van der Waals surface area contributed by atoms with Crippen molar-refractivity contribution in [1.29, 1.82) is 0 Å². The number of methoxy groups -OCH3 is 1. The number of hydrogen-bond acceptors (Lipinski definition) is 2. The summed E-state index contributed by atoms with van der Waals surface area (Å²) >= 11 is 0. The number of ether oxygens (including phenoxy) is 1. The number of aliphatic imine (C=N–C) groups is 1. The summed E-state index contributed by atoms with van der Waals surface area (Å²) in [7, 11) is 1.54. The van der Waals surface area contributed by atoms with Crippen molar-refractivity contribution in [3.63, 3.8) is 0 Å². The van der Waals surface area contributed by atoms with Gasteiger partial charge in [0.15, 0.2) is 5.96 Å². The van der Waals surface area contributed by atoms with E-state index in [-0.39, 0.29) is 29.9 Å². The van der Waals surface area contributed by atoms with E-state index in [2.05, 4.69) is 10.3 Å². The summed E-state index contributed by atoms with van der Waals surface area (Å²) in [4.78, 5) is 3.58. The van der Waals surface area contributed by atoms with Gasteiger partial charge in [0.05, 0.1) is 20.1 Å². The van der Waals surface area contributed by atoms with Crippen LogP contribution in [0.1, 0.15) is 6.42 Å². The van der Waals surface area contributed by atoms with Gasteiger partial charge in [-0.2, -0.15) is 13.2 Å². The first-order valence-electron chi connectivity index (χ1n) is 5.18. The van der Waals surface area contributed by atoms with E-state index in [1.54, 1.807) is 24.3 Å². The number of anilines is 1. The van der Waals surface area contributed by atoms with E-state index in [4.69, 9.17) is 10.5 Å². The average molecular weight is 389 g/mol. The van der Waals surface area contributed by atoms with Gasteiger partial charge in [-0.1, -0.05) is 0 Å². The standard InChI is InChI=1S/C11H14F3N3O.HI/c1-18-9-4-2-8(3-5-9)17-10(15)16-7-6-11(12,13)14;/h2-5H,6-7H2,1H3,(H3,15,16,17);1H. The highest BCUT2D eigenvalue weighted by Crippen LogP contribution is 2.19. The number of hydrogen-bond donors (Lipinski definition) is 2. The maximum absolute atomic E-state index is 11.9. The van der Waals surface area contributed by atoms with Crippen molar-refractivity contribution in [2.24, 2.45) is 10.7 Å². The van der Waals surface area contributed by atoms with Gasteiger partial charge in [-0.15, -0.1) is 24.0 Å². The number of guanidine groups is 1. The highest BCUT2D eigenvalue weighted by molar-refractivity contribution is 14.0. The molecule has 0 bridgehead atoms. The van der Waals surface area contributed by atoms with E-state index < -0.39 is 19.1 Å². The molecule has 0 atom stereocenters. The fraction of sp³-hybridized carbons (Fsp3) is 0.364. The van der Waals surface area contributed by atoms with Gasteiger partial charge < -0.3 is 15.8 Å². The topological polar surface area (TPSA) is 59.6 Å². The summed E-state index contributed by atoms with van der Waals surface area (Å²) in [5.74, 6) is 0.623. The fourth-order valence-corrected chi connectivity index (χ4v) is 1.16. The first-order valence-corrected chi connectivity index (χ1v) is 5.18. The molecule has 0 unspecified atom stereocenters. The zero-order valence-electron chi connectivity index (χ0n) is 10.2. The Balaban J connectivity index is 0.00000324. The molecule has 0 aliphatic rings. The third kappa shape index (κ3) is 7.75. The lowest BCUT2D eigenvalue weighted by Gasteiger charge is -2.07. The maximum atomic E-state index is 11.9. The largest absolute Gasteiger partial charge is 0.497 e. The molecule has 0 spiro atoms. The number of nitrogens with one attached hydrogen (secondary N) is 1. The number of rotatable bonds is 4. The number of benzene rings is 1. The van der Waals surface area contributed by atoms with Crippen molar-refractivity contribution in [2.75, 3.05) is 19.0 Å². The molecular weight excluding hydrogens is 374 g/mol. The predicted molar refractivity (Wildman–Crippen MR) is 79.2 cm³/mol. The first kappa shape index (κ1) is 17.8. The molecule has 8 heteroatoms. The van der Waals surface area contributed by atoms with Crippen LogP contribution in [-0.4, -0.2) is 25.8 Å². The maximum Gasteiger partial charge on any atom is 0.390 e. The second-order valence-corrected chi connectivity index (χ2v) is 3.49. The molecule has 108 valence electrons. The molecule has 0 fully saturated rings. The van der Waals surface area contributed by atoms with Crippen LogP contribution >= 0.6 is 24.0 Å². The van der Waals surface area contributed by atoms with Crippen LogP contribution in [0.15, 0.2) is 29.3 Å². The van der Waals surface area contributed by atoms with Gasteiger partial charge in [0.2, 0.25) is 0 Å². The lowest BCUT2D eigenvalue weighted by Crippen LogP contribution is -2.23. The molecule has 1 aromatic rings. The van der Waals surface area contributed by atoms with Crippen molar-refractivity contribution in [1.82, 2.24) is 0 Å². The average Bonchev–Trinajstić information content (AvgIpc) is 2.28. The molecule has 3 N–H and O–H groups in total. The van der Waals surface area contributed by atoms with Gasteiger partial charge in [-0.25, -0.2) is 0 Å². The van der Waals surface area contributed by atoms with E-state index >= 15 is 0 Å². The third-order valence-electron chi connectivity index (χ3n) is 2.04. The fourth-order valence-electron chi connectivity index (χ4n) is 1.16. The zero-order valence-corrected chi connectivity index (χ0v) is 12.5. The van der Waals surface area contributed by atoms with Crippen molar-refractivity contribution in [3.05, 3.63) is 24.3 Å². The van der Waals surface area contributed by atoms with E-state index in [0.717, 1.165) is 0 Å². The van der Waals surface area contributed by atoms with Crippen LogP contribution in [0.3, 0.4) is 0 Å². The van der Waals surface area contributed by atoms with E-state index in [1.165, 1.54) is 7.11 Å². The molecule has 0 amide bonds. The van der Waals surface area contributed by atoms with Crippen LogP contribution < -0.4 is 15.8 Å². The van der Waals surface area contributed by atoms with Crippen molar-refractivity contribution in [3.8, 4) is 5.75 Å². The smallest absolute Gasteiger partial charge is 0.390 e. The van der Waals surface area contributed by atoms with Gasteiger partial charge in [-0.05, 0) is 24.3 Å². The Morgan fingerprint density at radius 3 is 2.37 bits per heavy atom. The molecule has 4 nitrogen and oxygen atoms in total. The Morgan fingerprint density at radius 2 is 1.89 bits per heavy atom. The summed E-state index contributed by atoms with van der Waals surface area (Å²) in [6.45, 7) is -0.390. The monoisotopic (exact) mass is 389 g/mol. The predicted octanol–water partition coefficient (Wildman–Crippen LogP) is 2.99. The number of nitrogens with two attached hydrogens (primary N) is 1. The summed E-state index contributed by atoms with van der Waals surface area (Å²) in [6, 6.07) is 6.77. The second-order valence-electron chi connectivity index (χ2n) is 3.49. The quantitative estimate of drug-likeness (QED) is 0.473. The molecule has 0 radical (unpaired) electrons. The van der Waals surface area contributed by atoms with Crippen molar-refractivity contribution < 1.29 is 17.9 Å². The molecule has 0 saturated heterocycles. The summed E-state index contributed by atoms with van der Waals surface area (Å²) in [5, 5.41) is 2.68. The number of halogens is 4. The second kappa shape index (κ2) is 8.08. The van der Waals surface area contributed by atoms with Gasteiger partial charge in [0, 0.05) is 5.69 Å². The Labute approximate surface area is 126 Å². The van der Waals surface area contributed by atoms with Crippen LogP contribution in [-0.2, 0) is 0 Å². The molecule has 0 saturated carbocycles. The van der Waals surface area contributed by atoms with Gasteiger partial charge in [0.25, 0.3) is 0 Å². The molecule has 19 heavy (non-hydrogen) atoms. The Kier molecular flexibility index (Phi) is 7.57. The zero-order chi connectivity index (χ0) is 13.6. The van der Waals surface area contributed by atoms with E-state index in [9.17, 15) is 13.2 Å². The number of alkyl halides is 3. The summed E-state index contributed by atoms with van der Waals surface area (Å²) in [6.07, 6.45) is -5.21. The van der Waals surface area contributed by atoms with Crippen LogP contribution in [0.2, 0.25) is 0 Å². The molecule has 0 aromatic heterocycles. The minimum atomic E-state index is -4.22. The van der Waals surface area contributed by atoms with Crippen molar-refractivity contribution in [2.45, 2.75) is 12.6 Å². The normalized spacial score (nSPS) is 11.7. The molecular formula is C11H15F3IN3O. The van der Waals surface area contributed by atoms with E-state index in [0.29, 0.717) is 11.4 Å². The van der Waals surface area contributed by atoms with Crippen LogP contribution in [0, 0.1) is 0 Å². The first-order chi connectivity index (χ1) is 8.40. The summed E-state index contributed by atoms with van der Waals surface area (Å²) < 4.78 is 40.6. The highest BCUT2D eigenvalue weighted by atomic mass is 127. The minimum Gasteiger partial charge on any atom is -0.497 e. The van der Waals surface area contributed by atoms with Crippen LogP contribution in [0.25, 0.3) is 0 Å². The highest BCUT2D eigenvalue weighted by Gasteiger charge is 2.26. The Bertz CT molecular complexity index is 407. The molecule has 0 aliphatic heterocycles. The van der Waals surface area contributed by atoms with Gasteiger partial charge in [-0.3, -0.25) is 4.99 Å². The Morgan fingerprint density at radius 1 is 1.32 bits per heavy atom. The number of nitrogens with zero attached hydrogens (tertiary/aromatic N) is 1. The van der Waals surface area contributed by atoms with Crippen LogP contribution in [0.4, 0.5) is 18.9 Å². The lowest BCUT2D eigenvalue weighted by atomic mass is 10.3. The SMILES string of the molecule is COc1ccc(NC(N)=NCCC(F)(F)F)cc1.I. The van der Waals surface area contributed by atoms with Crippen molar-refractivity contribution >= 4 is 35.6 Å². The van der Waals surface area contributed by atoms with Crippen LogP contribution in [0.5, 0.6) is 5.75 Å². The minimum absolute atomic E-state index is 0. The Hall–Kier alpha value is -1.19.